The van der Waals surface area contributed by atoms with Crippen LogP contribution >= 0.6 is 11.6 Å². The van der Waals surface area contributed by atoms with Gasteiger partial charge in [-0.05, 0) is 81.3 Å². The van der Waals surface area contributed by atoms with E-state index in [1.165, 1.54) is 17.6 Å². The molecular formula is C40H52ClN3O8. The molecule has 2 saturated heterocycles. The van der Waals surface area contributed by atoms with Crippen LogP contribution in [-0.2, 0) is 41.4 Å². The summed E-state index contributed by atoms with van der Waals surface area (Å²) in [6, 6.07) is 11.7. The van der Waals surface area contributed by atoms with Crippen molar-refractivity contribution >= 4 is 40.9 Å². The molecule has 0 aromatic heterocycles. The fourth-order valence-electron chi connectivity index (χ4n) is 7.32. The SMILES string of the molecule is CO[C@@H]1/C=C/C=C(\C)Cc2cc(C)c(Cl)c(c2)N(C)C(=O)C[C@H](OC(=O)CCCCCc2ccc(N)cc2)[C@]2(C)O[C@H]2[C@H](C)[C@@H]2C[C@@]1(O)NC(=O)O2. The van der Waals surface area contributed by atoms with Crippen LogP contribution < -0.4 is 16.0 Å². The van der Waals surface area contributed by atoms with Gasteiger partial charge in [0.1, 0.15) is 23.9 Å². The number of rotatable bonds is 8. The topological polar surface area (TPSA) is 153 Å². The van der Waals surface area contributed by atoms with Gasteiger partial charge >= 0.3 is 12.1 Å². The zero-order valence-electron chi connectivity index (χ0n) is 30.9. The summed E-state index contributed by atoms with van der Waals surface area (Å²) in [5, 5.41) is 14.7. The van der Waals surface area contributed by atoms with Crippen LogP contribution in [-0.4, -0.2) is 73.0 Å². The number of hydrogen-bond acceptors (Lipinski definition) is 9. The van der Waals surface area contributed by atoms with Crippen molar-refractivity contribution in [2.45, 2.75) is 115 Å². The first-order chi connectivity index (χ1) is 24.6. The van der Waals surface area contributed by atoms with Crippen LogP contribution in [0, 0.1) is 12.8 Å². The molecule has 2 aromatic carbocycles. The summed E-state index contributed by atoms with van der Waals surface area (Å²) >= 11 is 6.77. The van der Waals surface area contributed by atoms with E-state index in [-0.39, 0.29) is 25.2 Å². The molecule has 11 nitrogen and oxygen atoms in total. The molecule has 3 aliphatic heterocycles. The number of nitrogen functional groups attached to an aromatic ring is 1. The highest BCUT2D eigenvalue weighted by Crippen LogP contribution is 2.49. The third kappa shape index (κ3) is 9.17. The number of carbonyl (C=O) groups is 3. The van der Waals surface area contributed by atoms with Crippen LogP contribution in [0.15, 0.2) is 60.2 Å². The summed E-state index contributed by atoms with van der Waals surface area (Å²) < 4.78 is 23.7. The molecule has 4 bridgehead atoms. The number of nitrogens with two attached hydrogens (primary N) is 1. The molecule has 0 unspecified atom stereocenters. The molecular weight excluding hydrogens is 686 g/mol. The molecule has 12 heteroatoms. The summed E-state index contributed by atoms with van der Waals surface area (Å²) in [5.41, 5.74) is 8.19. The van der Waals surface area contributed by atoms with Crippen molar-refractivity contribution in [3.05, 3.63) is 81.9 Å². The number of nitrogens with one attached hydrogen (secondary N) is 1. The number of allylic oxidation sites excluding steroid dienone is 3. The van der Waals surface area contributed by atoms with Gasteiger partial charge in [0, 0.05) is 38.6 Å². The lowest BCUT2D eigenvalue weighted by Crippen LogP contribution is -2.63. The molecule has 0 radical (unpaired) electrons. The number of alkyl carbamates (subject to hydrolysis) is 1. The van der Waals surface area contributed by atoms with E-state index in [1.807, 2.05) is 63.2 Å². The molecule has 2 aromatic rings. The second kappa shape index (κ2) is 16.4. The predicted octanol–water partition coefficient (Wildman–Crippen LogP) is 6.35. The number of benzene rings is 2. The number of epoxide rings is 1. The standard InChI is InChI=1S/C40H52ClN3O8/c1-24-11-10-13-32(49-6)40(48)23-31(50-38(47)43-40)26(3)37-39(4,52-37)33(22-34(45)44(5)30-21-28(19-24)20-25(2)36(30)41)51-35(46)14-9-7-8-12-27-15-17-29(42)18-16-27/h10-11,13,15-18,20-21,26,31-33,37,48H,7-9,12,14,19,22-23,42H2,1-6H3,(H,43,47)/b13-10+,24-11+/t26-,31+,32-,33+,37+,39+,40+/m1/s1. The minimum atomic E-state index is -1.77. The number of anilines is 2. The van der Waals surface area contributed by atoms with Crippen molar-refractivity contribution < 1.29 is 38.4 Å². The molecule has 7 atom stereocenters. The van der Waals surface area contributed by atoms with Gasteiger partial charge in [-0.15, -0.1) is 0 Å². The van der Waals surface area contributed by atoms with E-state index in [4.69, 9.17) is 36.3 Å². The zero-order valence-corrected chi connectivity index (χ0v) is 31.7. The molecule has 0 aliphatic carbocycles. The fraction of sp³-hybridized carbons (Fsp3) is 0.525. The highest BCUT2D eigenvalue weighted by atomic mass is 35.5. The van der Waals surface area contributed by atoms with Crippen LogP contribution in [0.25, 0.3) is 0 Å². The average Bonchev–Trinajstić information content (AvgIpc) is 3.79. The predicted molar refractivity (Wildman–Crippen MR) is 200 cm³/mol. The Labute approximate surface area is 311 Å². The lowest BCUT2D eigenvalue weighted by Gasteiger charge is -2.42. The molecule has 0 saturated carbocycles. The number of fused-ring (bicyclic) bond motifs is 5. The number of methoxy groups -OCH3 is 1. The van der Waals surface area contributed by atoms with Crippen molar-refractivity contribution in [2.75, 3.05) is 24.8 Å². The number of amides is 2. The van der Waals surface area contributed by atoms with Crippen LogP contribution in [0.1, 0.15) is 76.0 Å². The maximum absolute atomic E-state index is 14.0. The smallest absolute Gasteiger partial charge is 0.409 e. The van der Waals surface area contributed by atoms with E-state index in [0.717, 1.165) is 41.6 Å². The second-order valence-electron chi connectivity index (χ2n) is 14.7. The van der Waals surface area contributed by atoms with Crippen LogP contribution in [0.2, 0.25) is 5.02 Å². The van der Waals surface area contributed by atoms with Crippen molar-refractivity contribution in [1.29, 1.82) is 0 Å². The maximum atomic E-state index is 14.0. The van der Waals surface area contributed by atoms with Crippen LogP contribution in [0.5, 0.6) is 0 Å². The van der Waals surface area contributed by atoms with E-state index in [1.54, 1.807) is 26.1 Å². The number of esters is 1. The normalized spacial score (nSPS) is 31.0. The van der Waals surface area contributed by atoms with Crippen molar-refractivity contribution in [2.24, 2.45) is 5.92 Å². The number of carbonyl (C=O) groups excluding carboxylic acids is 3. The number of halogens is 1. The molecule has 52 heavy (non-hydrogen) atoms. The number of hydrogen-bond donors (Lipinski definition) is 3. The summed E-state index contributed by atoms with van der Waals surface area (Å²) in [7, 11) is 3.13. The lowest BCUT2D eigenvalue weighted by molar-refractivity contribution is -0.154. The number of nitrogens with zero attached hydrogens (tertiary/aromatic N) is 1. The Kier molecular flexibility index (Phi) is 12.4. The van der Waals surface area contributed by atoms with Crippen molar-refractivity contribution in [1.82, 2.24) is 5.32 Å². The highest BCUT2D eigenvalue weighted by molar-refractivity contribution is 6.34. The fourth-order valence-corrected chi connectivity index (χ4v) is 7.56. The summed E-state index contributed by atoms with van der Waals surface area (Å²) in [6.45, 7) is 7.53. The Balaban J connectivity index is 1.40. The van der Waals surface area contributed by atoms with Gasteiger partial charge in [0.05, 0.1) is 23.2 Å². The number of unbranched alkanes of at least 4 members (excludes halogenated alkanes) is 2. The molecule has 3 heterocycles. The Morgan fingerprint density at radius 2 is 1.88 bits per heavy atom. The van der Waals surface area contributed by atoms with Gasteiger partial charge < -0.3 is 34.7 Å². The zero-order chi connectivity index (χ0) is 37.8. The summed E-state index contributed by atoms with van der Waals surface area (Å²) in [4.78, 5) is 41.7. The van der Waals surface area contributed by atoms with Crippen molar-refractivity contribution in [3.8, 4) is 0 Å². The van der Waals surface area contributed by atoms with E-state index in [0.29, 0.717) is 23.6 Å². The third-order valence-electron chi connectivity index (χ3n) is 10.5. The molecule has 3 aliphatic rings. The quantitative estimate of drug-likeness (QED) is 0.122. The lowest BCUT2D eigenvalue weighted by atomic mass is 9.83. The molecule has 0 spiro atoms. The van der Waals surface area contributed by atoms with Gasteiger partial charge in [-0.25, -0.2) is 4.79 Å². The van der Waals surface area contributed by atoms with E-state index < -0.39 is 53.7 Å². The Morgan fingerprint density at radius 1 is 1.15 bits per heavy atom. The monoisotopic (exact) mass is 737 g/mol. The van der Waals surface area contributed by atoms with E-state index in [9.17, 15) is 19.5 Å². The van der Waals surface area contributed by atoms with E-state index >= 15 is 0 Å². The maximum Gasteiger partial charge on any atom is 0.409 e. The van der Waals surface area contributed by atoms with Crippen LogP contribution in [0.3, 0.4) is 0 Å². The summed E-state index contributed by atoms with van der Waals surface area (Å²) in [6.07, 6.45) is 5.27. The van der Waals surface area contributed by atoms with Gasteiger partial charge in [0.25, 0.3) is 0 Å². The minimum absolute atomic E-state index is 0.00743. The molecule has 4 N–H and O–H groups in total. The van der Waals surface area contributed by atoms with Gasteiger partial charge in [0.15, 0.2) is 5.72 Å². The average molecular weight is 738 g/mol. The second-order valence-corrected chi connectivity index (χ2v) is 15.1. The van der Waals surface area contributed by atoms with E-state index in [2.05, 4.69) is 5.32 Å². The van der Waals surface area contributed by atoms with Gasteiger partial charge in [-0.3, -0.25) is 14.9 Å². The minimum Gasteiger partial charge on any atom is -0.459 e. The third-order valence-corrected chi connectivity index (χ3v) is 11.0. The van der Waals surface area contributed by atoms with Gasteiger partial charge in [0.2, 0.25) is 5.91 Å². The largest absolute Gasteiger partial charge is 0.459 e. The number of aryl methyl sites for hydroxylation is 2. The first-order valence-electron chi connectivity index (χ1n) is 18.0. The van der Waals surface area contributed by atoms with Gasteiger partial charge in [-0.1, -0.05) is 66.9 Å². The molecule has 5 rings (SSSR count). The highest BCUT2D eigenvalue weighted by Gasteiger charge is 2.64. The number of aliphatic hydroxyl groups is 1. The number of ether oxygens (including phenoxy) is 4. The van der Waals surface area contributed by atoms with Crippen LogP contribution in [0.4, 0.5) is 16.2 Å². The molecule has 2 amide bonds. The molecule has 282 valence electrons. The Morgan fingerprint density at radius 3 is 2.60 bits per heavy atom. The van der Waals surface area contributed by atoms with Gasteiger partial charge in [-0.2, -0.15) is 0 Å². The first-order valence-corrected chi connectivity index (χ1v) is 18.4. The Bertz CT molecular complexity index is 1700. The first kappa shape index (κ1) is 39.3. The molecule has 2 fully saturated rings. The summed E-state index contributed by atoms with van der Waals surface area (Å²) in [5.74, 6) is -1.17. The Hall–Kier alpha value is -3.90. The van der Waals surface area contributed by atoms with Crippen molar-refractivity contribution in [3.63, 3.8) is 0 Å².